The van der Waals surface area contributed by atoms with Gasteiger partial charge in [-0.2, -0.15) is 18.2 Å². The molecule has 0 saturated heterocycles. The van der Waals surface area contributed by atoms with E-state index in [1.165, 1.54) is 6.07 Å². The molecule has 0 aromatic carbocycles. The first-order chi connectivity index (χ1) is 10.4. The molecule has 2 rings (SSSR count). The Morgan fingerprint density at radius 3 is 2.59 bits per heavy atom. The first-order valence-corrected chi connectivity index (χ1v) is 6.96. The van der Waals surface area contributed by atoms with Crippen LogP contribution in [0.2, 0.25) is 0 Å². The summed E-state index contributed by atoms with van der Waals surface area (Å²) in [5.41, 5.74) is -0.759. The number of halogens is 3. The third kappa shape index (κ3) is 4.44. The molecule has 1 N–H and O–H groups in total. The third-order valence-electron chi connectivity index (χ3n) is 2.96. The van der Waals surface area contributed by atoms with Gasteiger partial charge in [0.2, 0.25) is 5.89 Å². The topological polar surface area (TPSA) is 63.8 Å². The summed E-state index contributed by atoms with van der Waals surface area (Å²) in [6.45, 7) is 4.51. The Morgan fingerprint density at radius 1 is 1.27 bits per heavy atom. The molecule has 8 heteroatoms. The van der Waals surface area contributed by atoms with Crippen LogP contribution < -0.4 is 5.32 Å². The summed E-state index contributed by atoms with van der Waals surface area (Å²) in [5, 5.41) is 6.81. The number of rotatable bonds is 6. The van der Waals surface area contributed by atoms with Crippen LogP contribution in [-0.2, 0) is 12.6 Å². The van der Waals surface area contributed by atoms with Crippen molar-refractivity contribution in [2.45, 2.75) is 38.8 Å². The molecule has 0 atom stereocenters. The predicted molar refractivity (Wildman–Crippen MR) is 74.4 cm³/mol. The zero-order valence-corrected chi connectivity index (χ0v) is 12.3. The van der Waals surface area contributed by atoms with Crippen LogP contribution in [0, 0.1) is 0 Å². The second kappa shape index (κ2) is 6.76. The highest BCUT2D eigenvalue weighted by Gasteiger charge is 2.30. The molecule has 0 amide bonds. The monoisotopic (exact) mass is 314 g/mol. The Hall–Kier alpha value is -2.12. The Bertz CT molecular complexity index is 593. The SMILES string of the molecule is CC(C)c1noc(CCCNc2ccc(C(F)(F)F)cn2)n1. The average Bonchev–Trinajstić information content (AvgIpc) is 2.92. The summed E-state index contributed by atoms with van der Waals surface area (Å²) in [7, 11) is 0. The van der Waals surface area contributed by atoms with Crippen LogP contribution in [0.25, 0.3) is 0 Å². The maximum atomic E-state index is 12.4. The third-order valence-corrected chi connectivity index (χ3v) is 2.96. The van der Waals surface area contributed by atoms with Crippen LogP contribution in [-0.4, -0.2) is 21.7 Å². The van der Waals surface area contributed by atoms with Gasteiger partial charge in [-0.3, -0.25) is 0 Å². The molecule has 0 unspecified atom stereocenters. The van der Waals surface area contributed by atoms with Crippen molar-refractivity contribution in [3.63, 3.8) is 0 Å². The fourth-order valence-corrected chi connectivity index (χ4v) is 1.73. The zero-order valence-electron chi connectivity index (χ0n) is 12.3. The van der Waals surface area contributed by atoms with E-state index >= 15 is 0 Å². The van der Waals surface area contributed by atoms with Crippen molar-refractivity contribution in [3.05, 3.63) is 35.6 Å². The van der Waals surface area contributed by atoms with Crippen LogP contribution in [0.5, 0.6) is 0 Å². The largest absolute Gasteiger partial charge is 0.417 e. The fraction of sp³-hybridized carbons (Fsp3) is 0.500. The molecule has 0 saturated carbocycles. The minimum absolute atomic E-state index is 0.215. The van der Waals surface area contributed by atoms with Gasteiger partial charge in [0, 0.05) is 25.1 Å². The minimum atomic E-state index is -4.36. The van der Waals surface area contributed by atoms with Crippen LogP contribution in [0.4, 0.5) is 19.0 Å². The molecule has 0 fully saturated rings. The molecule has 5 nitrogen and oxygen atoms in total. The summed E-state index contributed by atoms with van der Waals surface area (Å²) in [6.07, 6.45) is -2.23. The van der Waals surface area contributed by atoms with Crippen molar-refractivity contribution < 1.29 is 17.7 Å². The lowest BCUT2D eigenvalue weighted by molar-refractivity contribution is -0.137. The second-order valence-electron chi connectivity index (χ2n) is 5.16. The quantitative estimate of drug-likeness (QED) is 0.825. The van der Waals surface area contributed by atoms with Gasteiger partial charge in [-0.1, -0.05) is 19.0 Å². The molecule has 0 radical (unpaired) electrons. The maximum absolute atomic E-state index is 12.4. The van der Waals surface area contributed by atoms with Gasteiger partial charge < -0.3 is 9.84 Å². The van der Waals surface area contributed by atoms with Gasteiger partial charge in [-0.05, 0) is 18.6 Å². The van der Waals surface area contributed by atoms with Crippen LogP contribution in [0.3, 0.4) is 0 Å². The molecular formula is C14H17F3N4O. The molecule has 22 heavy (non-hydrogen) atoms. The Labute approximate surface area is 125 Å². The van der Waals surface area contributed by atoms with E-state index in [1.807, 2.05) is 13.8 Å². The molecule has 2 aromatic rings. The number of nitrogens with one attached hydrogen (secondary N) is 1. The summed E-state index contributed by atoms with van der Waals surface area (Å²) in [6, 6.07) is 2.31. The molecule has 0 spiro atoms. The number of hydrogen-bond acceptors (Lipinski definition) is 5. The van der Waals surface area contributed by atoms with Crippen molar-refractivity contribution in [2.24, 2.45) is 0 Å². The summed E-state index contributed by atoms with van der Waals surface area (Å²) >= 11 is 0. The zero-order chi connectivity index (χ0) is 16.2. The number of pyridine rings is 1. The number of aryl methyl sites for hydroxylation is 1. The van der Waals surface area contributed by atoms with Gasteiger partial charge in [0.05, 0.1) is 5.56 Å². The maximum Gasteiger partial charge on any atom is 0.417 e. The van der Waals surface area contributed by atoms with E-state index in [9.17, 15) is 13.2 Å². The highest BCUT2D eigenvalue weighted by atomic mass is 19.4. The first-order valence-electron chi connectivity index (χ1n) is 6.96. The van der Waals surface area contributed by atoms with E-state index in [2.05, 4.69) is 20.4 Å². The van der Waals surface area contributed by atoms with E-state index < -0.39 is 11.7 Å². The van der Waals surface area contributed by atoms with Crippen LogP contribution in [0.15, 0.2) is 22.9 Å². The normalized spacial score (nSPS) is 11.9. The minimum Gasteiger partial charge on any atom is -0.370 e. The number of hydrogen-bond donors (Lipinski definition) is 1. The van der Waals surface area contributed by atoms with E-state index in [1.54, 1.807) is 0 Å². The van der Waals surface area contributed by atoms with E-state index in [0.29, 0.717) is 36.9 Å². The molecule has 0 bridgehead atoms. The van der Waals surface area contributed by atoms with E-state index in [-0.39, 0.29) is 5.92 Å². The van der Waals surface area contributed by atoms with Crippen molar-refractivity contribution in [1.82, 2.24) is 15.1 Å². The van der Waals surface area contributed by atoms with Gasteiger partial charge in [0.1, 0.15) is 5.82 Å². The Morgan fingerprint density at radius 2 is 2.05 bits per heavy atom. The van der Waals surface area contributed by atoms with Gasteiger partial charge in [0.15, 0.2) is 5.82 Å². The van der Waals surface area contributed by atoms with Crippen molar-refractivity contribution in [1.29, 1.82) is 0 Å². The number of aromatic nitrogens is 3. The first kappa shape index (κ1) is 16.3. The predicted octanol–water partition coefficient (Wildman–Crippen LogP) is 3.65. The van der Waals surface area contributed by atoms with Gasteiger partial charge >= 0.3 is 6.18 Å². The Balaban J connectivity index is 1.76. The number of alkyl halides is 3. The second-order valence-corrected chi connectivity index (χ2v) is 5.16. The highest BCUT2D eigenvalue weighted by molar-refractivity contribution is 5.35. The number of nitrogens with zero attached hydrogens (tertiary/aromatic N) is 3. The van der Waals surface area contributed by atoms with E-state index in [0.717, 1.165) is 12.3 Å². The molecular weight excluding hydrogens is 297 g/mol. The lowest BCUT2D eigenvalue weighted by atomic mass is 10.2. The smallest absolute Gasteiger partial charge is 0.370 e. The number of anilines is 1. The molecule has 0 aliphatic heterocycles. The van der Waals surface area contributed by atoms with Crippen molar-refractivity contribution >= 4 is 5.82 Å². The van der Waals surface area contributed by atoms with Gasteiger partial charge in [-0.25, -0.2) is 4.98 Å². The molecule has 120 valence electrons. The van der Waals surface area contributed by atoms with Crippen molar-refractivity contribution in [3.8, 4) is 0 Å². The molecule has 0 aliphatic rings. The van der Waals surface area contributed by atoms with Crippen molar-refractivity contribution in [2.75, 3.05) is 11.9 Å². The summed E-state index contributed by atoms with van der Waals surface area (Å²) in [4.78, 5) is 7.98. The molecule has 0 aliphatic carbocycles. The van der Waals surface area contributed by atoms with E-state index in [4.69, 9.17) is 4.52 Å². The van der Waals surface area contributed by atoms with Crippen LogP contribution >= 0.6 is 0 Å². The summed E-state index contributed by atoms with van der Waals surface area (Å²) < 4.78 is 42.3. The highest BCUT2D eigenvalue weighted by Crippen LogP contribution is 2.28. The summed E-state index contributed by atoms with van der Waals surface area (Å²) in [5.74, 6) is 1.85. The van der Waals surface area contributed by atoms with Crippen LogP contribution in [0.1, 0.15) is 43.5 Å². The Kier molecular flexibility index (Phi) is 4.99. The lowest BCUT2D eigenvalue weighted by Crippen LogP contribution is -2.08. The van der Waals surface area contributed by atoms with Gasteiger partial charge in [-0.15, -0.1) is 0 Å². The average molecular weight is 314 g/mol. The standard InChI is InChI=1S/C14H17F3N4O/c1-9(2)13-20-12(22-21-13)4-3-7-18-11-6-5-10(8-19-11)14(15,16)17/h5-6,8-9H,3-4,7H2,1-2H3,(H,18,19). The molecule has 2 aromatic heterocycles. The van der Waals surface area contributed by atoms with Gasteiger partial charge in [0.25, 0.3) is 0 Å². The molecule has 2 heterocycles. The fourth-order valence-electron chi connectivity index (χ4n) is 1.73. The lowest BCUT2D eigenvalue weighted by Gasteiger charge is -2.08.